The minimum absolute atomic E-state index is 0.00399. The first-order valence-electron chi connectivity index (χ1n) is 11.7. The van der Waals surface area contributed by atoms with E-state index in [-0.39, 0.29) is 23.5 Å². The molecule has 1 saturated heterocycles. The molecule has 13 nitrogen and oxygen atoms in total. The van der Waals surface area contributed by atoms with Crippen molar-refractivity contribution in [2.24, 2.45) is 0 Å². The van der Waals surface area contributed by atoms with E-state index in [1.54, 1.807) is 6.07 Å². The highest BCUT2D eigenvalue weighted by Gasteiger charge is 2.50. The zero-order valence-corrected chi connectivity index (χ0v) is 20.7. The molecule has 1 aromatic carbocycles. The number of ether oxygens (including phenoxy) is 5. The summed E-state index contributed by atoms with van der Waals surface area (Å²) in [7, 11) is 2.68. The summed E-state index contributed by atoms with van der Waals surface area (Å²) < 4.78 is 27.0. The van der Waals surface area contributed by atoms with E-state index in [0.717, 1.165) is 12.2 Å². The summed E-state index contributed by atoms with van der Waals surface area (Å²) in [5.41, 5.74) is 0.487. The second-order valence-electron chi connectivity index (χ2n) is 8.72. The van der Waals surface area contributed by atoms with E-state index >= 15 is 0 Å². The zero-order valence-electron chi connectivity index (χ0n) is 20.7. The van der Waals surface area contributed by atoms with Crippen LogP contribution in [0.4, 0.5) is 0 Å². The molecule has 1 heterocycles. The van der Waals surface area contributed by atoms with Gasteiger partial charge in [-0.2, -0.15) is 5.26 Å². The summed E-state index contributed by atoms with van der Waals surface area (Å²) in [6, 6.07) is 6.12. The number of carbonyl (C=O) groups is 1. The lowest BCUT2D eigenvalue weighted by molar-refractivity contribution is -0.314. The van der Waals surface area contributed by atoms with Gasteiger partial charge < -0.3 is 54.3 Å². The molecular formula is C25H31NO12. The number of aromatic hydroxyl groups is 1. The Morgan fingerprint density at radius 3 is 2.55 bits per heavy atom. The molecule has 0 aromatic heterocycles. The summed E-state index contributed by atoms with van der Waals surface area (Å²) in [6.45, 7) is -0.699. The number of carbonyl (C=O) groups excluding carboxylic acids is 1. The van der Waals surface area contributed by atoms with Gasteiger partial charge in [-0.25, -0.2) is 4.79 Å². The van der Waals surface area contributed by atoms with Gasteiger partial charge in [-0.1, -0.05) is 6.07 Å². The standard InChI is InChI=1S/C25H31NO12/c1-34-16-9-12(3-5-14(16)28)4-6-19(29)38-24-23(33)22(32)18(11-27)37-25(24)36-15-10-17(35-2)21(31)20(30)13(15)7-8-26/h3-7,9,15,17-18,20-25,27-28,30-33H,10-11H2,1-2H3. The van der Waals surface area contributed by atoms with Gasteiger partial charge in [0.2, 0.25) is 0 Å². The number of nitriles is 1. The van der Waals surface area contributed by atoms with Crippen LogP contribution >= 0.6 is 0 Å². The smallest absolute Gasteiger partial charge is 0.331 e. The van der Waals surface area contributed by atoms with Crippen LogP contribution in [0.15, 0.2) is 35.9 Å². The van der Waals surface area contributed by atoms with Crippen molar-refractivity contribution in [1.29, 1.82) is 5.26 Å². The monoisotopic (exact) mass is 537 g/mol. The number of aliphatic hydroxyl groups is 5. The molecule has 9 unspecified atom stereocenters. The number of methoxy groups -OCH3 is 2. The van der Waals surface area contributed by atoms with Crippen LogP contribution in [0.2, 0.25) is 0 Å². The maximum atomic E-state index is 12.6. The Hall–Kier alpha value is -3.06. The largest absolute Gasteiger partial charge is 0.504 e. The lowest BCUT2D eigenvalue weighted by Crippen LogP contribution is -2.61. The number of nitrogens with zero attached hydrogens (tertiary/aromatic N) is 1. The van der Waals surface area contributed by atoms with E-state index in [1.165, 1.54) is 38.5 Å². The highest BCUT2D eigenvalue weighted by atomic mass is 16.7. The van der Waals surface area contributed by atoms with Crippen molar-refractivity contribution in [3.05, 3.63) is 41.5 Å². The van der Waals surface area contributed by atoms with Gasteiger partial charge in [0.05, 0.1) is 32.0 Å². The number of hydrogen-bond acceptors (Lipinski definition) is 13. The van der Waals surface area contributed by atoms with Gasteiger partial charge in [-0.15, -0.1) is 0 Å². The van der Waals surface area contributed by atoms with Gasteiger partial charge in [0, 0.05) is 31.3 Å². The van der Waals surface area contributed by atoms with Gasteiger partial charge in [-0.3, -0.25) is 0 Å². The normalized spacial score (nSPS) is 34.7. The fraction of sp³-hybridized carbons (Fsp3) is 0.520. The zero-order chi connectivity index (χ0) is 28.0. The number of hydrogen-bond donors (Lipinski definition) is 6. The molecule has 208 valence electrons. The topological polar surface area (TPSA) is 208 Å². The molecule has 1 aliphatic carbocycles. The van der Waals surface area contributed by atoms with Crippen LogP contribution in [-0.4, -0.2) is 113 Å². The number of phenolic OH excluding ortho intramolecular Hbond substituents is 1. The SMILES string of the molecule is COc1cc(C=CC(=O)OC2C(OC3CC(OC)C(O)C(O)C3=CC#N)OC(CO)C(O)C2O)ccc1O. The van der Waals surface area contributed by atoms with E-state index in [4.69, 9.17) is 28.9 Å². The van der Waals surface area contributed by atoms with Crippen LogP contribution in [0, 0.1) is 11.3 Å². The summed E-state index contributed by atoms with van der Waals surface area (Å²) in [4.78, 5) is 12.6. The first kappa shape index (κ1) is 29.5. The second-order valence-corrected chi connectivity index (χ2v) is 8.72. The molecule has 6 N–H and O–H groups in total. The number of aliphatic hydroxyl groups excluding tert-OH is 5. The molecule has 38 heavy (non-hydrogen) atoms. The van der Waals surface area contributed by atoms with Crippen LogP contribution in [0.3, 0.4) is 0 Å². The van der Waals surface area contributed by atoms with Gasteiger partial charge >= 0.3 is 5.97 Å². The molecule has 9 atom stereocenters. The summed E-state index contributed by atoms with van der Waals surface area (Å²) in [5, 5.41) is 70.2. The Morgan fingerprint density at radius 1 is 1.18 bits per heavy atom. The second kappa shape index (κ2) is 13.1. The first-order valence-corrected chi connectivity index (χ1v) is 11.7. The number of allylic oxidation sites excluding steroid dienone is 1. The fourth-order valence-corrected chi connectivity index (χ4v) is 4.29. The third-order valence-corrected chi connectivity index (χ3v) is 6.39. The summed E-state index contributed by atoms with van der Waals surface area (Å²) in [6.07, 6.45) is -9.29. The average Bonchev–Trinajstić information content (AvgIpc) is 2.91. The maximum absolute atomic E-state index is 12.6. The molecule has 0 amide bonds. The Kier molecular flexibility index (Phi) is 10.2. The van der Waals surface area contributed by atoms with Crippen molar-refractivity contribution in [2.45, 2.75) is 61.5 Å². The number of esters is 1. The molecule has 1 aromatic rings. The highest BCUT2D eigenvalue weighted by Crippen LogP contribution is 2.33. The Bertz CT molecular complexity index is 1070. The molecular weight excluding hydrogens is 506 g/mol. The number of benzene rings is 1. The average molecular weight is 538 g/mol. The van der Waals surface area contributed by atoms with E-state index in [0.29, 0.717) is 5.56 Å². The molecule has 2 fully saturated rings. The van der Waals surface area contributed by atoms with Gasteiger partial charge in [0.25, 0.3) is 0 Å². The van der Waals surface area contributed by atoms with Crippen LogP contribution < -0.4 is 4.74 Å². The van der Waals surface area contributed by atoms with Crippen molar-refractivity contribution >= 4 is 12.0 Å². The van der Waals surface area contributed by atoms with Crippen molar-refractivity contribution in [3.8, 4) is 17.6 Å². The molecule has 0 spiro atoms. The molecule has 0 radical (unpaired) electrons. The third kappa shape index (κ3) is 6.49. The molecule has 0 bridgehead atoms. The quantitative estimate of drug-likeness (QED) is 0.130. The van der Waals surface area contributed by atoms with E-state index in [2.05, 4.69) is 0 Å². The predicted octanol–water partition coefficient (Wildman–Crippen LogP) is -1.26. The van der Waals surface area contributed by atoms with Crippen molar-refractivity contribution in [2.75, 3.05) is 20.8 Å². The van der Waals surface area contributed by atoms with Crippen LogP contribution in [-0.2, 0) is 23.7 Å². The Balaban J connectivity index is 1.83. The van der Waals surface area contributed by atoms with Crippen molar-refractivity contribution in [3.63, 3.8) is 0 Å². The van der Waals surface area contributed by atoms with Gasteiger partial charge in [-0.05, 0) is 23.8 Å². The van der Waals surface area contributed by atoms with Crippen LogP contribution in [0.5, 0.6) is 11.5 Å². The summed E-state index contributed by atoms with van der Waals surface area (Å²) in [5.74, 6) is -0.865. The molecule has 1 saturated carbocycles. The Labute approximate surface area is 218 Å². The Morgan fingerprint density at radius 2 is 1.92 bits per heavy atom. The minimum Gasteiger partial charge on any atom is -0.504 e. The maximum Gasteiger partial charge on any atom is 0.331 e. The fourth-order valence-electron chi connectivity index (χ4n) is 4.29. The van der Waals surface area contributed by atoms with E-state index < -0.39 is 67.7 Å². The molecule has 2 aliphatic rings. The predicted molar refractivity (Wildman–Crippen MR) is 127 cm³/mol. The molecule has 1 aliphatic heterocycles. The lowest BCUT2D eigenvalue weighted by atomic mass is 9.84. The molecule has 13 heteroatoms. The third-order valence-electron chi connectivity index (χ3n) is 6.39. The van der Waals surface area contributed by atoms with Crippen LogP contribution in [0.1, 0.15) is 12.0 Å². The highest BCUT2D eigenvalue weighted by molar-refractivity contribution is 5.87. The van der Waals surface area contributed by atoms with Gasteiger partial charge in [0.1, 0.15) is 30.5 Å². The molecule has 3 rings (SSSR count). The number of rotatable bonds is 8. The van der Waals surface area contributed by atoms with Crippen molar-refractivity contribution < 1.29 is 59.1 Å². The van der Waals surface area contributed by atoms with Gasteiger partial charge in [0.15, 0.2) is 23.9 Å². The minimum atomic E-state index is -1.74. The van der Waals surface area contributed by atoms with E-state index in [9.17, 15) is 35.4 Å². The van der Waals surface area contributed by atoms with E-state index in [1.807, 2.05) is 0 Å². The summed E-state index contributed by atoms with van der Waals surface area (Å²) >= 11 is 0. The van der Waals surface area contributed by atoms with Crippen LogP contribution in [0.25, 0.3) is 6.08 Å². The lowest BCUT2D eigenvalue weighted by Gasteiger charge is -2.44. The number of phenols is 1. The first-order chi connectivity index (χ1) is 18.1. The van der Waals surface area contributed by atoms with Crippen molar-refractivity contribution in [1.82, 2.24) is 0 Å².